The van der Waals surface area contributed by atoms with Gasteiger partial charge in [0.2, 0.25) is 5.91 Å². The van der Waals surface area contributed by atoms with E-state index >= 15 is 0 Å². The summed E-state index contributed by atoms with van der Waals surface area (Å²) in [6.07, 6.45) is 1.46. The normalized spacial score (nSPS) is 11.8. The lowest BCUT2D eigenvalue weighted by Crippen LogP contribution is -2.18. The van der Waals surface area contributed by atoms with Crippen molar-refractivity contribution in [3.05, 3.63) is 95.9 Å². The lowest BCUT2D eigenvalue weighted by molar-refractivity contribution is -0.116. The Morgan fingerprint density at radius 1 is 0.970 bits per heavy atom. The van der Waals surface area contributed by atoms with E-state index in [0.29, 0.717) is 22.5 Å². The molecular formula is C26H25FN2O3S. The lowest BCUT2D eigenvalue weighted by Gasteiger charge is -2.09. The smallest absolute Gasteiger partial charge is 0.244 e. The Kier molecular flexibility index (Phi) is 6.33. The number of carbonyl (C=O) groups is 1. The topological polar surface area (TPSA) is 68.2 Å². The van der Waals surface area contributed by atoms with Gasteiger partial charge in [0.05, 0.1) is 10.6 Å². The molecule has 1 N–H and O–H groups in total. The fourth-order valence-corrected chi connectivity index (χ4v) is 5.39. The number of sulfone groups is 1. The number of benzene rings is 3. The molecule has 7 heteroatoms. The molecule has 0 aliphatic heterocycles. The van der Waals surface area contributed by atoms with Gasteiger partial charge in [-0.1, -0.05) is 62.4 Å². The molecule has 4 aromatic rings. The van der Waals surface area contributed by atoms with Crippen LogP contribution in [0.25, 0.3) is 10.9 Å². The third-order valence-corrected chi connectivity index (χ3v) is 7.25. The van der Waals surface area contributed by atoms with Crippen LogP contribution in [0.2, 0.25) is 0 Å². The van der Waals surface area contributed by atoms with Crippen molar-refractivity contribution in [2.45, 2.75) is 37.0 Å². The number of hydrogen-bond acceptors (Lipinski definition) is 3. The molecule has 0 unspecified atom stereocenters. The van der Waals surface area contributed by atoms with Gasteiger partial charge < -0.3 is 9.88 Å². The van der Waals surface area contributed by atoms with Crippen molar-refractivity contribution < 1.29 is 17.6 Å². The van der Waals surface area contributed by atoms with Gasteiger partial charge in [0.1, 0.15) is 12.4 Å². The van der Waals surface area contributed by atoms with Crippen LogP contribution in [-0.2, 0) is 26.9 Å². The van der Waals surface area contributed by atoms with Crippen LogP contribution < -0.4 is 5.32 Å². The minimum atomic E-state index is -3.84. The van der Waals surface area contributed by atoms with Crippen molar-refractivity contribution in [2.75, 3.05) is 5.32 Å². The predicted molar refractivity (Wildman–Crippen MR) is 128 cm³/mol. The Morgan fingerprint density at radius 3 is 2.33 bits per heavy atom. The lowest BCUT2D eigenvalue weighted by atomic mass is 10.0. The first-order chi connectivity index (χ1) is 15.7. The third-order valence-electron chi connectivity index (χ3n) is 5.57. The standard InChI is InChI=1S/C26H25FN2O3S/c1-18(2)19-11-13-21(14-12-19)28-26(30)16-29-15-25(22-8-4-6-10-24(22)29)33(31,32)17-20-7-3-5-9-23(20)27/h3-15,18H,16-17H2,1-2H3,(H,28,30). The average molecular weight is 465 g/mol. The maximum absolute atomic E-state index is 14.1. The monoisotopic (exact) mass is 464 g/mol. The number of aromatic nitrogens is 1. The fraction of sp³-hybridized carbons (Fsp3) is 0.192. The highest BCUT2D eigenvalue weighted by Crippen LogP contribution is 2.28. The number of carbonyl (C=O) groups excluding carboxylic acids is 1. The quantitative estimate of drug-likeness (QED) is 0.392. The Morgan fingerprint density at radius 2 is 1.64 bits per heavy atom. The molecule has 4 rings (SSSR count). The van der Waals surface area contributed by atoms with Crippen LogP contribution in [0.3, 0.4) is 0 Å². The Hall–Kier alpha value is -3.45. The van der Waals surface area contributed by atoms with Gasteiger partial charge in [-0.05, 0) is 35.7 Å². The van der Waals surface area contributed by atoms with Gasteiger partial charge in [0.25, 0.3) is 0 Å². The first-order valence-corrected chi connectivity index (χ1v) is 12.3. The molecule has 0 aliphatic carbocycles. The molecule has 1 aromatic heterocycles. The van der Waals surface area contributed by atoms with E-state index in [1.54, 1.807) is 34.9 Å². The van der Waals surface area contributed by atoms with E-state index in [0.717, 1.165) is 0 Å². The van der Waals surface area contributed by atoms with Crippen molar-refractivity contribution in [2.24, 2.45) is 0 Å². The fourth-order valence-electron chi connectivity index (χ4n) is 3.80. The van der Waals surface area contributed by atoms with Crippen molar-refractivity contribution in [1.82, 2.24) is 4.57 Å². The van der Waals surface area contributed by atoms with E-state index in [9.17, 15) is 17.6 Å². The van der Waals surface area contributed by atoms with E-state index in [-0.39, 0.29) is 22.9 Å². The molecule has 1 heterocycles. The molecule has 0 radical (unpaired) electrons. The van der Waals surface area contributed by atoms with Crippen molar-refractivity contribution in [3.8, 4) is 0 Å². The maximum atomic E-state index is 14.1. The third kappa shape index (κ3) is 4.98. The Bertz CT molecular complexity index is 1410. The number of hydrogen-bond donors (Lipinski definition) is 1. The van der Waals surface area contributed by atoms with Crippen molar-refractivity contribution >= 4 is 32.3 Å². The van der Waals surface area contributed by atoms with Crippen LogP contribution in [0.15, 0.2) is 83.9 Å². The molecule has 0 atom stereocenters. The average Bonchev–Trinajstić information content (AvgIpc) is 3.15. The van der Waals surface area contributed by atoms with Crippen LogP contribution in [0.1, 0.15) is 30.9 Å². The summed E-state index contributed by atoms with van der Waals surface area (Å²) in [7, 11) is -3.84. The highest BCUT2D eigenvalue weighted by atomic mass is 32.2. The summed E-state index contributed by atoms with van der Waals surface area (Å²) in [5, 5.41) is 3.36. The van der Waals surface area contributed by atoms with Gasteiger partial charge in [-0.15, -0.1) is 0 Å². The second-order valence-electron chi connectivity index (χ2n) is 8.31. The molecule has 0 spiro atoms. The summed E-state index contributed by atoms with van der Waals surface area (Å²) in [6, 6.07) is 20.5. The summed E-state index contributed by atoms with van der Waals surface area (Å²) in [5.74, 6) is -0.897. The predicted octanol–water partition coefficient (Wildman–Crippen LogP) is 5.52. The molecule has 1 amide bonds. The molecule has 0 saturated heterocycles. The molecule has 33 heavy (non-hydrogen) atoms. The number of nitrogens with zero attached hydrogens (tertiary/aromatic N) is 1. The van der Waals surface area contributed by atoms with Crippen LogP contribution in [-0.4, -0.2) is 18.9 Å². The van der Waals surface area contributed by atoms with Crippen LogP contribution >= 0.6 is 0 Å². The molecular weight excluding hydrogens is 439 g/mol. The number of amides is 1. The number of halogens is 1. The number of nitrogens with one attached hydrogen (secondary N) is 1. The van der Waals surface area contributed by atoms with Crippen LogP contribution in [0.5, 0.6) is 0 Å². The summed E-state index contributed by atoms with van der Waals surface area (Å²) >= 11 is 0. The minimum Gasteiger partial charge on any atom is -0.337 e. The van der Waals surface area contributed by atoms with Gasteiger partial charge in [-0.25, -0.2) is 12.8 Å². The Labute approximate surface area is 192 Å². The summed E-state index contributed by atoms with van der Waals surface area (Å²) in [5.41, 5.74) is 2.58. The zero-order valence-electron chi connectivity index (χ0n) is 18.5. The number of para-hydroxylation sites is 1. The first kappa shape index (κ1) is 22.7. The van der Waals surface area contributed by atoms with E-state index in [1.807, 2.05) is 24.3 Å². The molecule has 170 valence electrons. The molecule has 0 aliphatic rings. The second kappa shape index (κ2) is 9.19. The van der Waals surface area contributed by atoms with E-state index < -0.39 is 21.4 Å². The van der Waals surface area contributed by atoms with E-state index in [1.165, 1.54) is 30.0 Å². The molecule has 0 fully saturated rings. The van der Waals surface area contributed by atoms with Crippen molar-refractivity contribution in [3.63, 3.8) is 0 Å². The zero-order chi connectivity index (χ0) is 23.6. The number of fused-ring (bicyclic) bond motifs is 1. The Balaban J connectivity index is 1.60. The largest absolute Gasteiger partial charge is 0.337 e. The summed E-state index contributed by atoms with van der Waals surface area (Å²) < 4.78 is 42.0. The number of rotatable bonds is 7. The second-order valence-corrected chi connectivity index (χ2v) is 10.3. The van der Waals surface area contributed by atoms with Gasteiger partial charge in [-0.3, -0.25) is 4.79 Å². The van der Waals surface area contributed by atoms with Crippen LogP contribution in [0.4, 0.5) is 10.1 Å². The SMILES string of the molecule is CC(C)c1ccc(NC(=O)Cn2cc(S(=O)(=O)Cc3ccccc3F)c3ccccc32)cc1. The highest BCUT2D eigenvalue weighted by Gasteiger charge is 2.23. The summed E-state index contributed by atoms with van der Waals surface area (Å²) in [4.78, 5) is 12.8. The molecule has 5 nitrogen and oxygen atoms in total. The molecule has 0 saturated carbocycles. The van der Waals surface area contributed by atoms with Crippen molar-refractivity contribution in [1.29, 1.82) is 0 Å². The van der Waals surface area contributed by atoms with Gasteiger partial charge >= 0.3 is 0 Å². The highest BCUT2D eigenvalue weighted by molar-refractivity contribution is 7.90. The van der Waals surface area contributed by atoms with Gasteiger partial charge in [0, 0.05) is 28.4 Å². The van der Waals surface area contributed by atoms with Gasteiger partial charge in [0.15, 0.2) is 9.84 Å². The van der Waals surface area contributed by atoms with Gasteiger partial charge in [-0.2, -0.15) is 0 Å². The maximum Gasteiger partial charge on any atom is 0.244 e. The minimum absolute atomic E-state index is 0.0539. The molecule has 3 aromatic carbocycles. The van der Waals surface area contributed by atoms with Crippen LogP contribution in [0, 0.1) is 5.82 Å². The first-order valence-electron chi connectivity index (χ1n) is 10.7. The van der Waals surface area contributed by atoms with E-state index in [4.69, 9.17) is 0 Å². The summed E-state index contributed by atoms with van der Waals surface area (Å²) in [6.45, 7) is 4.15. The zero-order valence-corrected chi connectivity index (χ0v) is 19.3. The number of anilines is 1. The molecule has 0 bridgehead atoms. The van der Waals surface area contributed by atoms with E-state index in [2.05, 4.69) is 19.2 Å².